The zero-order valence-electron chi connectivity index (χ0n) is 42.5. The second-order valence-electron chi connectivity index (χ2n) is 18.9. The second-order valence-corrected chi connectivity index (χ2v) is 18.9. The number of hydrogen-bond donors (Lipinski definition) is 3. The molecule has 0 saturated heterocycles. The molecule has 6 nitrogen and oxygen atoms in total. The molecule has 3 N–H and O–H groups in total. The molecule has 2 atom stereocenters. The van der Waals surface area contributed by atoms with Gasteiger partial charge in [-0.1, -0.05) is 236 Å². The molecular weight excluding hydrogens is 791 g/mol. The molecule has 0 heterocycles. The molecule has 2 unspecified atom stereocenters. The lowest BCUT2D eigenvalue weighted by molar-refractivity contribution is -0.143. The van der Waals surface area contributed by atoms with Gasteiger partial charge in [0.25, 0.3) is 0 Å². The summed E-state index contributed by atoms with van der Waals surface area (Å²) in [6.45, 7) is 4.85. The van der Waals surface area contributed by atoms with Gasteiger partial charge < -0.3 is 20.3 Å². The average Bonchev–Trinajstić information content (AvgIpc) is 3.29. The Morgan fingerprint density at radius 1 is 0.453 bits per heavy atom. The second kappa shape index (κ2) is 53.4. The van der Waals surface area contributed by atoms with Gasteiger partial charge in [-0.3, -0.25) is 9.59 Å². The van der Waals surface area contributed by atoms with Gasteiger partial charge in [-0.25, -0.2) is 0 Å². The maximum atomic E-state index is 12.5. The number of aliphatic hydroxyl groups is 2. The Morgan fingerprint density at radius 2 is 0.844 bits per heavy atom. The number of esters is 1. The monoisotopic (exact) mass is 898 g/mol. The summed E-state index contributed by atoms with van der Waals surface area (Å²) in [6.07, 6.45) is 66.6. The van der Waals surface area contributed by atoms with E-state index < -0.39 is 12.1 Å². The first-order valence-electron chi connectivity index (χ1n) is 27.9. The summed E-state index contributed by atoms with van der Waals surface area (Å²) >= 11 is 0. The molecular formula is C58H107NO5. The van der Waals surface area contributed by atoms with Crippen LogP contribution in [0.3, 0.4) is 0 Å². The van der Waals surface area contributed by atoms with E-state index in [2.05, 4.69) is 67.8 Å². The molecule has 0 fully saturated rings. The van der Waals surface area contributed by atoms with E-state index in [-0.39, 0.29) is 18.5 Å². The average molecular weight is 898 g/mol. The fraction of sp³-hybridized carbons (Fsp3) is 0.828. The first-order chi connectivity index (χ1) is 31.5. The molecule has 64 heavy (non-hydrogen) atoms. The van der Waals surface area contributed by atoms with Crippen molar-refractivity contribution in [1.29, 1.82) is 0 Å². The van der Waals surface area contributed by atoms with Gasteiger partial charge in [-0.15, -0.1) is 0 Å². The van der Waals surface area contributed by atoms with Crippen LogP contribution in [0.2, 0.25) is 0 Å². The first kappa shape index (κ1) is 61.8. The van der Waals surface area contributed by atoms with E-state index >= 15 is 0 Å². The van der Waals surface area contributed by atoms with Crippen molar-refractivity contribution in [2.75, 3.05) is 13.2 Å². The van der Waals surface area contributed by atoms with E-state index in [1.165, 1.54) is 161 Å². The highest BCUT2D eigenvalue weighted by Gasteiger charge is 2.20. The lowest BCUT2D eigenvalue weighted by Crippen LogP contribution is -2.45. The third kappa shape index (κ3) is 49.3. The van der Waals surface area contributed by atoms with Crippen molar-refractivity contribution in [3.8, 4) is 0 Å². The third-order valence-electron chi connectivity index (χ3n) is 12.6. The van der Waals surface area contributed by atoms with E-state index in [9.17, 15) is 19.8 Å². The largest absolute Gasteiger partial charge is 0.466 e. The molecule has 1 amide bonds. The minimum Gasteiger partial charge on any atom is -0.466 e. The number of ether oxygens (including phenoxy) is 1. The number of unbranched alkanes of at least 4 members (excludes halogenated alkanes) is 33. The lowest BCUT2D eigenvalue weighted by atomic mass is 10.0. The van der Waals surface area contributed by atoms with Gasteiger partial charge in [0, 0.05) is 12.8 Å². The highest BCUT2D eigenvalue weighted by molar-refractivity contribution is 5.76. The van der Waals surface area contributed by atoms with Crippen LogP contribution in [0.4, 0.5) is 0 Å². The highest BCUT2D eigenvalue weighted by Crippen LogP contribution is 2.16. The summed E-state index contributed by atoms with van der Waals surface area (Å²) < 4.78 is 5.43. The van der Waals surface area contributed by atoms with Crippen molar-refractivity contribution in [2.24, 2.45) is 0 Å². The summed E-state index contributed by atoms with van der Waals surface area (Å²) in [5.41, 5.74) is 0. The molecule has 0 aliphatic rings. The number of aliphatic hydroxyl groups excluding tert-OH is 2. The van der Waals surface area contributed by atoms with Gasteiger partial charge in [0.1, 0.15) is 0 Å². The highest BCUT2D eigenvalue weighted by atomic mass is 16.5. The molecule has 0 aliphatic heterocycles. The molecule has 374 valence electrons. The molecule has 0 radical (unpaired) electrons. The van der Waals surface area contributed by atoms with E-state index in [0.29, 0.717) is 25.9 Å². The lowest BCUT2D eigenvalue weighted by Gasteiger charge is -2.22. The van der Waals surface area contributed by atoms with Gasteiger partial charge >= 0.3 is 5.97 Å². The van der Waals surface area contributed by atoms with Crippen LogP contribution in [0.1, 0.15) is 284 Å². The predicted molar refractivity (Wildman–Crippen MR) is 278 cm³/mol. The Bertz CT molecular complexity index is 1080. The molecule has 0 spiro atoms. The van der Waals surface area contributed by atoms with E-state index in [4.69, 9.17) is 4.74 Å². The van der Waals surface area contributed by atoms with Crippen LogP contribution >= 0.6 is 0 Å². The van der Waals surface area contributed by atoms with E-state index in [1.54, 1.807) is 0 Å². The zero-order valence-corrected chi connectivity index (χ0v) is 42.5. The Morgan fingerprint density at radius 3 is 1.33 bits per heavy atom. The number of carbonyl (C=O) groups excluding carboxylic acids is 2. The maximum absolute atomic E-state index is 12.5. The Labute approximate surface area is 397 Å². The number of allylic oxidation sites excluding steroid dienone is 8. The Balaban J connectivity index is 3.54. The summed E-state index contributed by atoms with van der Waals surface area (Å²) in [5, 5.41) is 23.3. The Hall–Kier alpha value is -2.18. The van der Waals surface area contributed by atoms with Crippen molar-refractivity contribution < 1.29 is 24.5 Å². The number of hydrogen-bond acceptors (Lipinski definition) is 5. The molecule has 0 rings (SSSR count). The first-order valence-corrected chi connectivity index (χ1v) is 27.9. The molecule has 0 aromatic carbocycles. The molecule has 0 aliphatic carbocycles. The summed E-state index contributed by atoms with van der Waals surface area (Å²) in [7, 11) is 0. The van der Waals surface area contributed by atoms with E-state index in [1.807, 2.05) is 0 Å². The van der Waals surface area contributed by atoms with Gasteiger partial charge in [0.2, 0.25) is 5.91 Å². The minimum absolute atomic E-state index is 0.0366. The quantitative estimate of drug-likeness (QED) is 0.0245. The van der Waals surface area contributed by atoms with Crippen molar-refractivity contribution in [1.82, 2.24) is 5.32 Å². The van der Waals surface area contributed by atoms with Crippen molar-refractivity contribution in [3.05, 3.63) is 48.6 Å². The number of carbonyl (C=O) groups is 2. The van der Waals surface area contributed by atoms with Crippen molar-refractivity contribution >= 4 is 11.9 Å². The topological polar surface area (TPSA) is 95.9 Å². The van der Waals surface area contributed by atoms with Gasteiger partial charge in [-0.05, 0) is 83.5 Å². The van der Waals surface area contributed by atoms with Gasteiger partial charge in [0.05, 0.1) is 25.4 Å². The van der Waals surface area contributed by atoms with Gasteiger partial charge in [0.15, 0.2) is 0 Å². The standard InChI is InChI=1S/C58H107NO5/c1-3-5-7-9-11-13-15-17-19-20-21-23-26-30-34-38-42-46-50-56(61)55(54-60)59-57(62)51-47-43-39-35-31-27-24-22-25-29-33-37-41-45-49-53-64-58(63)52-48-44-40-36-32-28-18-16-14-12-10-8-6-4-2/h10,12,16,18,22,25,29,33,55-56,60-61H,3-9,11,13-15,17,19-21,23-24,26-28,30-32,34-54H2,1-2H3,(H,59,62)/b12-10-,18-16-,25-22-,33-29-. The van der Waals surface area contributed by atoms with Crippen molar-refractivity contribution in [3.63, 3.8) is 0 Å². The summed E-state index contributed by atoms with van der Waals surface area (Å²) in [6, 6.07) is -0.560. The van der Waals surface area contributed by atoms with E-state index in [0.717, 1.165) is 89.9 Å². The van der Waals surface area contributed by atoms with Crippen LogP contribution in [0.25, 0.3) is 0 Å². The minimum atomic E-state index is -0.680. The molecule has 6 heteroatoms. The van der Waals surface area contributed by atoms with Crippen LogP contribution in [0.5, 0.6) is 0 Å². The summed E-state index contributed by atoms with van der Waals surface area (Å²) in [4.78, 5) is 24.5. The van der Waals surface area contributed by atoms with Crippen molar-refractivity contribution in [2.45, 2.75) is 296 Å². The molecule has 0 saturated carbocycles. The van der Waals surface area contributed by atoms with Crippen LogP contribution in [-0.4, -0.2) is 47.4 Å². The van der Waals surface area contributed by atoms with Crippen LogP contribution in [0.15, 0.2) is 48.6 Å². The SMILES string of the molecule is CCCC/C=C\C/C=C\CCCCCCCC(=O)OCCCCC/C=C\C=C/CCCCCCCCC(=O)NC(CO)C(O)CCCCCCCCCCCCCCCCCCCC. The normalized spacial score (nSPS) is 13.0. The third-order valence-corrected chi connectivity index (χ3v) is 12.6. The Kier molecular flexibility index (Phi) is 51.6. The summed E-state index contributed by atoms with van der Waals surface area (Å²) in [5.74, 6) is -0.0941. The smallest absolute Gasteiger partial charge is 0.305 e. The van der Waals surface area contributed by atoms with Crippen LogP contribution in [0, 0.1) is 0 Å². The van der Waals surface area contributed by atoms with Crippen LogP contribution in [-0.2, 0) is 14.3 Å². The fourth-order valence-corrected chi connectivity index (χ4v) is 8.29. The molecule has 0 aromatic heterocycles. The predicted octanol–water partition coefficient (Wildman–Crippen LogP) is 17.0. The fourth-order valence-electron chi connectivity index (χ4n) is 8.29. The zero-order chi connectivity index (χ0) is 46.5. The van der Waals surface area contributed by atoms with Gasteiger partial charge in [-0.2, -0.15) is 0 Å². The van der Waals surface area contributed by atoms with Crippen LogP contribution < -0.4 is 5.32 Å². The molecule has 0 bridgehead atoms. The number of rotatable bonds is 51. The number of amides is 1. The number of nitrogens with one attached hydrogen (secondary N) is 1. The molecule has 0 aromatic rings. The maximum Gasteiger partial charge on any atom is 0.305 e.